The molecule has 0 saturated carbocycles. The fourth-order valence-electron chi connectivity index (χ4n) is 2.35. The molecule has 0 atom stereocenters. The molecule has 3 aromatic rings. The van der Waals surface area contributed by atoms with Crippen molar-refractivity contribution in [2.75, 3.05) is 0 Å². The second-order valence-corrected chi connectivity index (χ2v) is 5.21. The number of aryl methyl sites for hydroxylation is 1. The van der Waals surface area contributed by atoms with Crippen molar-refractivity contribution in [2.24, 2.45) is 0 Å². The Balaban J connectivity index is 1.67. The maximum Gasteiger partial charge on any atom is 0.310 e. The van der Waals surface area contributed by atoms with E-state index < -0.39 is 0 Å². The maximum absolute atomic E-state index is 12.0. The molecule has 0 aliphatic rings. The van der Waals surface area contributed by atoms with E-state index >= 15 is 0 Å². The molecule has 22 heavy (non-hydrogen) atoms. The second-order valence-electron chi connectivity index (χ2n) is 5.21. The Morgan fingerprint density at radius 3 is 2.82 bits per heavy atom. The molecule has 112 valence electrons. The Bertz CT molecular complexity index is 817. The highest BCUT2D eigenvalue weighted by atomic mass is 16.5. The topological polar surface area (TPSA) is 59.7 Å². The summed E-state index contributed by atoms with van der Waals surface area (Å²) in [6, 6.07) is 12.6. The summed E-state index contributed by atoms with van der Waals surface area (Å²) in [5.41, 5.74) is 3.41. The van der Waals surface area contributed by atoms with Crippen LogP contribution in [0, 0.1) is 6.92 Å². The van der Waals surface area contributed by atoms with Crippen LogP contribution in [0.5, 0.6) is 5.75 Å². The fraction of sp³-hybridized carbons (Fsp3) is 0.167. The highest BCUT2D eigenvalue weighted by Gasteiger charge is 2.12. The van der Waals surface area contributed by atoms with E-state index in [2.05, 4.69) is 0 Å². The zero-order valence-electron chi connectivity index (χ0n) is 12.2. The summed E-state index contributed by atoms with van der Waals surface area (Å²) < 4.78 is 10.7. The largest absolute Gasteiger partial charge is 0.508 e. The Labute approximate surface area is 127 Å². The number of fused-ring (bicyclic) bond motifs is 1. The Morgan fingerprint density at radius 2 is 2.00 bits per heavy atom. The lowest BCUT2D eigenvalue weighted by Gasteiger charge is -2.07. The summed E-state index contributed by atoms with van der Waals surface area (Å²) in [7, 11) is 0. The van der Waals surface area contributed by atoms with Gasteiger partial charge in [-0.05, 0) is 30.2 Å². The summed E-state index contributed by atoms with van der Waals surface area (Å²) in [4.78, 5) is 12.0. The molecule has 4 heteroatoms. The van der Waals surface area contributed by atoms with Crippen LogP contribution in [0.2, 0.25) is 0 Å². The van der Waals surface area contributed by atoms with E-state index in [9.17, 15) is 9.90 Å². The van der Waals surface area contributed by atoms with Crippen LogP contribution in [0.3, 0.4) is 0 Å². The van der Waals surface area contributed by atoms with Crippen molar-refractivity contribution >= 4 is 16.9 Å². The van der Waals surface area contributed by atoms with Crippen LogP contribution < -0.4 is 0 Å². The molecule has 2 aromatic carbocycles. The van der Waals surface area contributed by atoms with Crippen molar-refractivity contribution in [1.29, 1.82) is 0 Å². The molecule has 1 N–H and O–H groups in total. The van der Waals surface area contributed by atoms with Crippen LogP contribution in [0.15, 0.2) is 53.1 Å². The summed E-state index contributed by atoms with van der Waals surface area (Å²) in [5.74, 6) is -0.172. The zero-order valence-corrected chi connectivity index (χ0v) is 12.2. The van der Waals surface area contributed by atoms with Crippen LogP contribution in [0.1, 0.15) is 16.7 Å². The number of ether oxygens (including phenoxy) is 1. The molecule has 0 amide bonds. The van der Waals surface area contributed by atoms with E-state index in [1.165, 1.54) is 12.3 Å². The van der Waals surface area contributed by atoms with Crippen molar-refractivity contribution in [3.63, 3.8) is 0 Å². The monoisotopic (exact) mass is 296 g/mol. The van der Waals surface area contributed by atoms with Gasteiger partial charge in [-0.1, -0.05) is 24.3 Å². The molecule has 0 radical (unpaired) electrons. The van der Waals surface area contributed by atoms with Crippen molar-refractivity contribution in [2.45, 2.75) is 20.0 Å². The first kappa shape index (κ1) is 14.2. The lowest BCUT2D eigenvalue weighted by atomic mass is 10.1. The predicted octanol–water partition coefficient (Wildman–Crippen LogP) is 3.73. The highest BCUT2D eigenvalue weighted by Crippen LogP contribution is 2.25. The van der Waals surface area contributed by atoms with Crippen LogP contribution in [-0.2, 0) is 22.6 Å². The van der Waals surface area contributed by atoms with Crippen LogP contribution in [0.25, 0.3) is 11.0 Å². The van der Waals surface area contributed by atoms with Gasteiger partial charge in [-0.25, -0.2) is 0 Å². The zero-order chi connectivity index (χ0) is 15.5. The van der Waals surface area contributed by atoms with Gasteiger partial charge in [0.15, 0.2) is 0 Å². The van der Waals surface area contributed by atoms with E-state index in [0.717, 1.165) is 22.1 Å². The van der Waals surface area contributed by atoms with Crippen LogP contribution in [0.4, 0.5) is 0 Å². The van der Waals surface area contributed by atoms with E-state index in [1.54, 1.807) is 12.1 Å². The summed E-state index contributed by atoms with van der Waals surface area (Å²) >= 11 is 0. The number of hydrogen-bond acceptors (Lipinski definition) is 4. The number of carbonyl (C=O) groups is 1. The molecular weight excluding hydrogens is 280 g/mol. The number of esters is 1. The Hall–Kier alpha value is -2.75. The Morgan fingerprint density at radius 1 is 1.18 bits per heavy atom. The molecular formula is C18H16O4. The summed E-state index contributed by atoms with van der Waals surface area (Å²) in [5, 5.41) is 10.2. The molecule has 0 aliphatic heterocycles. The first-order chi connectivity index (χ1) is 10.6. The van der Waals surface area contributed by atoms with Gasteiger partial charge in [0, 0.05) is 17.0 Å². The van der Waals surface area contributed by atoms with Crippen molar-refractivity contribution in [1.82, 2.24) is 0 Å². The van der Waals surface area contributed by atoms with E-state index in [-0.39, 0.29) is 24.7 Å². The van der Waals surface area contributed by atoms with Gasteiger partial charge in [-0.3, -0.25) is 4.79 Å². The third-order valence-electron chi connectivity index (χ3n) is 3.62. The predicted molar refractivity (Wildman–Crippen MR) is 82.6 cm³/mol. The van der Waals surface area contributed by atoms with E-state index in [0.29, 0.717) is 5.58 Å². The molecule has 0 saturated heterocycles. The Kier molecular flexibility index (Phi) is 3.83. The minimum absolute atomic E-state index is 0.135. The van der Waals surface area contributed by atoms with Crippen LogP contribution in [-0.4, -0.2) is 11.1 Å². The SMILES string of the molecule is Cc1ccccc1COC(=O)Cc1coc2cc(O)ccc12. The molecule has 1 heterocycles. The fourth-order valence-corrected chi connectivity index (χ4v) is 2.35. The van der Waals surface area contributed by atoms with Gasteiger partial charge in [0.05, 0.1) is 12.7 Å². The van der Waals surface area contributed by atoms with Gasteiger partial charge in [0.2, 0.25) is 0 Å². The summed E-state index contributed by atoms with van der Waals surface area (Å²) in [6.07, 6.45) is 1.67. The minimum Gasteiger partial charge on any atom is -0.508 e. The maximum atomic E-state index is 12.0. The van der Waals surface area contributed by atoms with Crippen LogP contribution >= 0.6 is 0 Å². The first-order valence-electron chi connectivity index (χ1n) is 7.03. The number of hydrogen-bond donors (Lipinski definition) is 1. The molecule has 0 spiro atoms. The van der Waals surface area contributed by atoms with Gasteiger partial charge in [0.25, 0.3) is 0 Å². The third-order valence-corrected chi connectivity index (χ3v) is 3.62. The lowest BCUT2D eigenvalue weighted by Crippen LogP contribution is -2.08. The number of benzene rings is 2. The van der Waals surface area contributed by atoms with E-state index in [4.69, 9.17) is 9.15 Å². The normalized spacial score (nSPS) is 10.8. The molecule has 1 aromatic heterocycles. The molecule has 3 rings (SSSR count). The van der Waals surface area contributed by atoms with Gasteiger partial charge in [0.1, 0.15) is 17.9 Å². The molecule has 0 bridgehead atoms. The molecule has 0 unspecified atom stereocenters. The number of phenolic OH excluding ortho intramolecular Hbond substituents is 1. The third kappa shape index (κ3) is 2.96. The van der Waals surface area contributed by atoms with Gasteiger partial charge in [-0.15, -0.1) is 0 Å². The number of furan rings is 1. The van der Waals surface area contributed by atoms with Crippen molar-refractivity contribution < 1.29 is 19.1 Å². The first-order valence-corrected chi connectivity index (χ1v) is 7.03. The number of carbonyl (C=O) groups excluding carboxylic acids is 1. The quantitative estimate of drug-likeness (QED) is 0.745. The lowest BCUT2D eigenvalue weighted by molar-refractivity contribution is -0.144. The van der Waals surface area contributed by atoms with Crippen molar-refractivity contribution in [3.05, 3.63) is 65.4 Å². The van der Waals surface area contributed by atoms with Gasteiger partial charge in [-0.2, -0.15) is 0 Å². The van der Waals surface area contributed by atoms with Crippen molar-refractivity contribution in [3.8, 4) is 5.75 Å². The molecule has 4 nitrogen and oxygen atoms in total. The number of rotatable bonds is 4. The minimum atomic E-state index is -0.306. The molecule has 0 fully saturated rings. The average Bonchev–Trinajstić information content (AvgIpc) is 2.88. The standard InChI is InChI=1S/C18H16O4/c1-12-4-2-3-5-13(12)10-22-18(20)8-14-11-21-17-9-15(19)6-7-16(14)17/h2-7,9,11,19H,8,10H2,1H3. The van der Waals surface area contributed by atoms with Gasteiger partial charge < -0.3 is 14.3 Å². The number of aromatic hydroxyl groups is 1. The van der Waals surface area contributed by atoms with Gasteiger partial charge >= 0.3 is 5.97 Å². The van der Waals surface area contributed by atoms with E-state index in [1.807, 2.05) is 31.2 Å². The highest BCUT2D eigenvalue weighted by molar-refractivity contribution is 5.86. The summed E-state index contributed by atoms with van der Waals surface area (Å²) in [6.45, 7) is 2.25. The second kappa shape index (κ2) is 5.93. The average molecular weight is 296 g/mol. The number of phenols is 1. The smallest absolute Gasteiger partial charge is 0.310 e. The molecule has 0 aliphatic carbocycles.